The number of hydrogen-bond donors (Lipinski definition) is 2. The maximum atomic E-state index is 12.6. The third-order valence-corrected chi connectivity index (χ3v) is 2.87. The maximum absolute atomic E-state index is 12.6. The number of carbonyl (C=O) groups excluding carboxylic acids is 1. The van der Waals surface area contributed by atoms with Gasteiger partial charge in [0.05, 0.1) is 5.56 Å². The molecule has 114 valence electrons. The maximum Gasteiger partial charge on any atom is 0.416 e. The van der Waals surface area contributed by atoms with Crippen molar-refractivity contribution in [2.75, 3.05) is 6.54 Å². The minimum atomic E-state index is -4.39. The van der Waals surface area contributed by atoms with E-state index in [1.54, 1.807) is 13.0 Å². The molecule has 0 heterocycles. The van der Waals surface area contributed by atoms with E-state index in [2.05, 4.69) is 5.32 Å². The summed E-state index contributed by atoms with van der Waals surface area (Å²) in [5.41, 5.74) is 4.77. The Balaban J connectivity index is 0.00000361. The second-order valence-corrected chi connectivity index (χ2v) is 4.73. The van der Waals surface area contributed by atoms with Crippen LogP contribution in [0, 0.1) is 0 Å². The topological polar surface area (TPSA) is 55.1 Å². The lowest BCUT2D eigenvalue weighted by Gasteiger charge is -2.26. The van der Waals surface area contributed by atoms with Gasteiger partial charge in [0.2, 0.25) is 5.91 Å². The summed E-state index contributed by atoms with van der Waals surface area (Å²) in [6.07, 6.45) is -4.03. The number of amides is 1. The van der Waals surface area contributed by atoms with Crippen molar-refractivity contribution < 1.29 is 18.0 Å². The van der Waals surface area contributed by atoms with Crippen LogP contribution in [0.3, 0.4) is 0 Å². The van der Waals surface area contributed by atoms with Gasteiger partial charge in [-0.05, 0) is 31.0 Å². The monoisotopic (exact) mass is 310 g/mol. The summed E-state index contributed by atoms with van der Waals surface area (Å²) in [6, 6.07) is 4.95. The molecule has 0 aliphatic heterocycles. The number of rotatable bonds is 4. The molecule has 3 N–H and O–H groups in total. The quantitative estimate of drug-likeness (QED) is 0.898. The van der Waals surface area contributed by atoms with E-state index >= 15 is 0 Å². The minimum absolute atomic E-state index is 0. The fourth-order valence-corrected chi connectivity index (χ4v) is 1.69. The summed E-state index contributed by atoms with van der Waals surface area (Å²) in [5.74, 6) is -0.195. The average Bonchev–Trinajstić information content (AvgIpc) is 2.27. The first kappa shape index (κ1) is 18.7. The van der Waals surface area contributed by atoms with Gasteiger partial charge in [0.15, 0.2) is 0 Å². The molecule has 3 nitrogen and oxygen atoms in total. The van der Waals surface area contributed by atoms with Gasteiger partial charge < -0.3 is 11.1 Å². The van der Waals surface area contributed by atoms with E-state index in [-0.39, 0.29) is 18.3 Å². The van der Waals surface area contributed by atoms with Crippen LogP contribution in [0.4, 0.5) is 13.2 Å². The van der Waals surface area contributed by atoms with Crippen molar-refractivity contribution >= 4 is 18.3 Å². The third-order valence-electron chi connectivity index (χ3n) is 2.87. The zero-order chi connectivity index (χ0) is 14.7. The normalized spacial score (nSPS) is 14.1. The molecule has 0 radical (unpaired) electrons. The van der Waals surface area contributed by atoms with Gasteiger partial charge in [-0.2, -0.15) is 13.2 Å². The van der Waals surface area contributed by atoms with Crippen molar-refractivity contribution in [1.29, 1.82) is 0 Å². The molecular formula is C13H18ClF3N2O. The van der Waals surface area contributed by atoms with E-state index < -0.39 is 17.3 Å². The molecule has 1 atom stereocenters. The van der Waals surface area contributed by atoms with Gasteiger partial charge in [0.25, 0.3) is 0 Å². The van der Waals surface area contributed by atoms with Crippen LogP contribution in [0.2, 0.25) is 0 Å². The average molecular weight is 311 g/mol. The van der Waals surface area contributed by atoms with E-state index in [4.69, 9.17) is 5.73 Å². The Kier molecular flexibility index (Phi) is 6.50. The van der Waals surface area contributed by atoms with Crippen LogP contribution in [0.1, 0.15) is 31.4 Å². The highest BCUT2D eigenvalue weighted by Gasteiger charge is 2.32. The Morgan fingerprint density at radius 3 is 2.35 bits per heavy atom. The molecule has 0 aromatic heterocycles. The Bertz CT molecular complexity index is 461. The highest BCUT2D eigenvalue weighted by atomic mass is 35.5. The van der Waals surface area contributed by atoms with Gasteiger partial charge in [0, 0.05) is 19.0 Å². The lowest BCUT2D eigenvalue weighted by atomic mass is 9.88. The Labute approximate surface area is 122 Å². The van der Waals surface area contributed by atoms with Crippen LogP contribution in [-0.2, 0) is 16.5 Å². The van der Waals surface area contributed by atoms with Gasteiger partial charge in [0.1, 0.15) is 0 Å². The fourth-order valence-electron chi connectivity index (χ4n) is 1.69. The van der Waals surface area contributed by atoms with Crippen LogP contribution in [0.25, 0.3) is 0 Å². The summed E-state index contributed by atoms with van der Waals surface area (Å²) in [4.78, 5) is 10.8. The van der Waals surface area contributed by atoms with Crippen molar-refractivity contribution in [3.05, 3.63) is 35.4 Å². The van der Waals surface area contributed by atoms with Gasteiger partial charge in [-0.25, -0.2) is 0 Å². The van der Waals surface area contributed by atoms with Gasteiger partial charge in [-0.1, -0.05) is 12.1 Å². The van der Waals surface area contributed by atoms with Crippen LogP contribution in [-0.4, -0.2) is 12.5 Å². The Morgan fingerprint density at radius 1 is 1.30 bits per heavy atom. The van der Waals surface area contributed by atoms with Crippen molar-refractivity contribution in [3.63, 3.8) is 0 Å². The van der Waals surface area contributed by atoms with E-state index in [9.17, 15) is 18.0 Å². The predicted octanol–water partition coefficient (Wildman–Crippen LogP) is 2.83. The first-order chi connectivity index (χ1) is 8.63. The van der Waals surface area contributed by atoms with E-state index in [0.29, 0.717) is 18.5 Å². The summed E-state index contributed by atoms with van der Waals surface area (Å²) < 4.78 is 37.8. The molecule has 1 aromatic carbocycles. The SMILES string of the molecule is CC(=O)NCCC(C)(N)c1cccc(C(F)(F)F)c1.Cl. The van der Waals surface area contributed by atoms with Crippen molar-refractivity contribution in [1.82, 2.24) is 5.32 Å². The van der Waals surface area contributed by atoms with Crippen LogP contribution < -0.4 is 11.1 Å². The first-order valence-corrected chi connectivity index (χ1v) is 5.84. The van der Waals surface area contributed by atoms with E-state index in [0.717, 1.165) is 12.1 Å². The molecule has 0 aliphatic rings. The molecule has 1 aromatic rings. The lowest BCUT2D eigenvalue weighted by Crippen LogP contribution is -2.37. The van der Waals surface area contributed by atoms with Crippen LogP contribution >= 0.6 is 12.4 Å². The van der Waals surface area contributed by atoms with Crippen molar-refractivity contribution in [3.8, 4) is 0 Å². The molecule has 0 aliphatic carbocycles. The zero-order valence-corrected chi connectivity index (χ0v) is 12.1. The lowest BCUT2D eigenvalue weighted by molar-refractivity contribution is -0.137. The van der Waals surface area contributed by atoms with E-state index in [1.807, 2.05) is 0 Å². The summed E-state index contributed by atoms with van der Waals surface area (Å²) >= 11 is 0. The Morgan fingerprint density at radius 2 is 1.85 bits per heavy atom. The number of carbonyl (C=O) groups is 1. The Hall–Kier alpha value is -1.27. The molecule has 1 unspecified atom stereocenters. The minimum Gasteiger partial charge on any atom is -0.356 e. The van der Waals surface area contributed by atoms with E-state index in [1.165, 1.54) is 13.0 Å². The molecule has 20 heavy (non-hydrogen) atoms. The smallest absolute Gasteiger partial charge is 0.356 e. The summed E-state index contributed by atoms with van der Waals surface area (Å²) in [6.45, 7) is 3.33. The molecule has 0 saturated heterocycles. The number of alkyl halides is 3. The van der Waals surface area contributed by atoms with Crippen LogP contribution in [0.15, 0.2) is 24.3 Å². The molecule has 0 bridgehead atoms. The summed E-state index contributed by atoms with van der Waals surface area (Å²) in [5, 5.41) is 2.58. The summed E-state index contributed by atoms with van der Waals surface area (Å²) in [7, 11) is 0. The largest absolute Gasteiger partial charge is 0.416 e. The number of nitrogens with two attached hydrogens (primary N) is 1. The predicted molar refractivity (Wildman–Crippen MR) is 73.5 cm³/mol. The number of benzene rings is 1. The van der Waals surface area contributed by atoms with Crippen molar-refractivity contribution in [2.24, 2.45) is 5.73 Å². The second kappa shape index (κ2) is 6.95. The molecular weight excluding hydrogens is 293 g/mol. The highest BCUT2D eigenvalue weighted by Crippen LogP contribution is 2.32. The molecule has 0 spiro atoms. The first-order valence-electron chi connectivity index (χ1n) is 5.84. The van der Waals surface area contributed by atoms with Crippen molar-refractivity contribution in [2.45, 2.75) is 32.0 Å². The molecule has 0 fully saturated rings. The third kappa shape index (κ3) is 5.38. The molecule has 0 saturated carbocycles. The molecule has 7 heteroatoms. The van der Waals surface area contributed by atoms with Gasteiger partial charge >= 0.3 is 6.18 Å². The zero-order valence-electron chi connectivity index (χ0n) is 11.3. The van der Waals surface area contributed by atoms with Gasteiger partial charge in [-0.15, -0.1) is 12.4 Å². The number of hydrogen-bond acceptors (Lipinski definition) is 2. The second-order valence-electron chi connectivity index (χ2n) is 4.73. The standard InChI is InChI=1S/C13H17F3N2O.ClH/c1-9(19)18-7-6-12(2,17)10-4-3-5-11(8-10)13(14,15)16;/h3-5,8H,6-7,17H2,1-2H3,(H,18,19);1H. The van der Waals surface area contributed by atoms with Crippen LogP contribution in [0.5, 0.6) is 0 Å². The molecule has 1 rings (SSSR count). The highest BCUT2D eigenvalue weighted by molar-refractivity contribution is 5.85. The van der Waals surface area contributed by atoms with Gasteiger partial charge in [-0.3, -0.25) is 4.79 Å². The number of halogens is 4. The fraction of sp³-hybridized carbons (Fsp3) is 0.462. The number of nitrogens with one attached hydrogen (secondary N) is 1. The molecule has 1 amide bonds.